The molecule has 21 heavy (non-hydrogen) atoms. The highest BCUT2D eigenvalue weighted by Gasteiger charge is 2.43. The number of aliphatic carboxylic acids is 1. The molecule has 5 heteroatoms. The molecule has 0 heterocycles. The van der Waals surface area contributed by atoms with E-state index in [9.17, 15) is 19.1 Å². The Bertz CT molecular complexity index is 574. The van der Waals surface area contributed by atoms with Crippen LogP contribution in [0.2, 0.25) is 0 Å². The fraction of sp³-hybridized carbons (Fsp3) is 0.500. The number of carboxylic acid groups (broad SMARTS) is 1. The minimum Gasteiger partial charge on any atom is -0.481 e. The average Bonchev–Trinajstić information content (AvgIpc) is 2.47. The molecule has 0 bridgehead atoms. The number of carbonyl (C=O) groups excluding carboxylic acids is 1. The van der Waals surface area contributed by atoms with Crippen LogP contribution < -0.4 is 0 Å². The van der Waals surface area contributed by atoms with Crippen molar-refractivity contribution in [3.63, 3.8) is 0 Å². The van der Waals surface area contributed by atoms with Gasteiger partial charge in [0.2, 0.25) is 0 Å². The van der Waals surface area contributed by atoms with Crippen LogP contribution in [0.4, 0.5) is 4.39 Å². The van der Waals surface area contributed by atoms with Gasteiger partial charge in [0.25, 0.3) is 0 Å². The Balaban J connectivity index is 2.60. The van der Waals surface area contributed by atoms with Gasteiger partial charge in [0.05, 0.1) is 18.1 Å². The Morgan fingerprint density at radius 2 is 1.86 bits per heavy atom. The van der Waals surface area contributed by atoms with Crippen molar-refractivity contribution in [1.82, 2.24) is 0 Å². The van der Waals surface area contributed by atoms with Crippen molar-refractivity contribution in [2.45, 2.75) is 44.4 Å². The van der Waals surface area contributed by atoms with Crippen LogP contribution >= 0.6 is 0 Å². The molecule has 0 amide bonds. The normalized spacial score (nSPS) is 17.3. The first-order valence-electron chi connectivity index (χ1n) is 7.05. The topological polar surface area (TPSA) is 63.6 Å². The first kappa shape index (κ1) is 15.5. The van der Waals surface area contributed by atoms with Crippen LogP contribution in [0.3, 0.4) is 0 Å². The lowest BCUT2D eigenvalue weighted by Crippen LogP contribution is -2.39. The molecular weight excluding hydrogens is 275 g/mol. The molecule has 1 aliphatic carbocycles. The lowest BCUT2D eigenvalue weighted by atomic mass is 9.69. The summed E-state index contributed by atoms with van der Waals surface area (Å²) in [6.07, 6.45) is 3.22. The number of benzene rings is 1. The molecule has 1 aromatic carbocycles. The maximum Gasteiger partial charge on any atom is 0.338 e. The van der Waals surface area contributed by atoms with Gasteiger partial charge in [0, 0.05) is 5.56 Å². The number of carbonyl (C=O) groups is 2. The van der Waals surface area contributed by atoms with Crippen LogP contribution in [0.15, 0.2) is 12.1 Å². The average molecular weight is 294 g/mol. The Kier molecular flexibility index (Phi) is 4.30. The molecule has 0 unspecified atom stereocenters. The SMILES string of the molecule is COC(=O)c1cc(C2(C(=O)O)CCCCC2)c(F)cc1C. The monoisotopic (exact) mass is 294 g/mol. The van der Waals surface area contributed by atoms with Gasteiger partial charge in [-0.15, -0.1) is 0 Å². The molecule has 2 rings (SSSR count). The highest BCUT2D eigenvalue weighted by molar-refractivity contribution is 5.92. The van der Waals surface area contributed by atoms with E-state index in [2.05, 4.69) is 4.74 Å². The molecule has 4 nitrogen and oxygen atoms in total. The zero-order chi connectivity index (χ0) is 15.6. The van der Waals surface area contributed by atoms with Gasteiger partial charge in [-0.25, -0.2) is 9.18 Å². The largest absolute Gasteiger partial charge is 0.481 e. The van der Waals surface area contributed by atoms with E-state index < -0.39 is 23.2 Å². The molecule has 0 radical (unpaired) electrons. The van der Waals surface area contributed by atoms with Gasteiger partial charge >= 0.3 is 11.9 Å². The van der Waals surface area contributed by atoms with Crippen molar-refractivity contribution in [1.29, 1.82) is 0 Å². The number of hydrogen-bond acceptors (Lipinski definition) is 3. The minimum atomic E-state index is -1.24. The first-order valence-corrected chi connectivity index (χ1v) is 7.05. The summed E-state index contributed by atoms with van der Waals surface area (Å²) in [7, 11) is 1.25. The second-order valence-corrected chi connectivity index (χ2v) is 5.59. The number of rotatable bonds is 3. The number of halogens is 1. The quantitative estimate of drug-likeness (QED) is 0.869. The molecule has 1 saturated carbocycles. The van der Waals surface area contributed by atoms with Crippen molar-refractivity contribution < 1.29 is 23.8 Å². The number of hydrogen-bond donors (Lipinski definition) is 1. The van der Waals surface area contributed by atoms with Crippen molar-refractivity contribution in [3.05, 3.63) is 34.6 Å². The molecule has 1 fully saturated rings. The third-order valence-corrected chi connectivity index (χ3v) is 4.35. The van der Waals surface area contributed by atoms with E-state index in [4.69, 9.17) is 0 Å². The lowest BCUT2D eigenvalue weighted by molar-refractivity contribution is -0.145. The van der Waals surface area contributed by atoms with Crippen molar-refractivity contribution in [3.8, 4) is 0 Å². The van der Waals surface area contributed by atoms with Crippen LogP contribution in [0.5, 0.6) is 0 Å². The van der Waals surface area contributed by atoms with E-state index in [0.717, 1.165) is 19.3 Å². The number of ether oxygens (including phenoxy) is 1. The fourth-order valence-corrected chi connectivity index (χ4v) is 3.12. The summed E-state index contributed by atoms with van der Waals surface area (Å²) in [4.78, 5) is 23.5. The van der Waals surface area contributed by atoms with Gasteiger partial charge in [0.15, 0.2) is 0 Å². The molecule has 0 saturated heterocycles. The van der Waals surface area contributed by atoms with Gasteiger partial charge in [-0.1, -0.05) is 19.3 Å². The third-order valence-electron chi connectivity index (χ3n) is 4.35. The zero-order valence-electron chi connectivity index (χ0n) is 12.2. The first-order chi connectivity index (χ1) is 9.92. The highest BCUT2D eigenvalue weighted by Crippen LogP contribution is 2.41. The van der Waals surface area contributed by atoms with Crippen LogP contribution in [0.1, 0.15) is 53.6 Å². The van der Waals surface area contributed by atoms with E-state index in [-0.39, 0.29) is 11.1 Å². The summed E-state index contributed by atoms with van der Waals surface area (Å²) < 4.78 is 19.1. The van der Waals surface area contributed by atoms with Gasteiger partial charge in [-0.2, -0.15) is 0 Å². The molecule has 1 aliphatic rings. The molecular formula is C16H19FO4. The predicted molar refractivity (Wildman–Crippen MR) is 74.9 cm³/mol. The van der Waals surface area contributed by atoms with Gasteiger partial charge in [-0.3, -0.25) is 4.79 Å². The van der Waals surface area contributed by atoms with Gasteiger partial charge in [0.1, 0.15) is 5.82 Å². The molecule has 1 N–H and O–H groups in total. The molecule has 114 valence electrons. The number of methoxy groups -OCH3 is 1. The van der Waals surface area contributed by atoms with Crippen molar-refractivity contribution >= 4 is 11.9 Å². The van der Waals surface area contributed by atoms with E-state index >= 15 is 0 Å². The third kappa shape index (κ3) is 2.64. The zero-order valence-corrected chi connectivity index (χ0v) is 12.2. The maximum atomic E-state index is 14.4. The molecule has 0 atom stereocenters. The summed E-state index contributed by atoms with van der Waals surface area (Å²) in [6, 6.07) is 2.58. The smallest absolute Gasteiger partial charge is 0.338 e. The molecule has 1 aromatic rings. The lowest BCUT2D eigenvalue weighted by Gasteiger charge is -2.34. The molecule has 0 aromatic heterocycles. The van der Waals surface area contributed by atoms with E-state index in [0.29, 0.717) is 18.4 Å². The molecule has 0 spiro atoms. The van der Waals surface area contributed by atoms with Crippen molar-refractivity contribution in [2.24, 2.45) is 0 Å². The number of esters is 1. The summed E-state index contributed by atoms with van der Waals surface area (Å²) in [6.45, 7) is 1.60. The van der Waals surface area contributed by atoms with Crippen LogP contribution in [-0.4, -0.2) is 24.2 Å². The van der Waals surface area contributed by atoms with Gasteiger partial charge < -0.3 is 9.84 Å². The second-order valence-electron chi connectivity index (χ2n) is 5.59. The Labute approximate surface area is 122 Å². The fourth-order valence-electron chi connectivity index (χ4n) is 3.12. The van der Waals surface area contributed by atoms with Gasteiger partial charge in [-0.05, 0) is 37.5 Å². The van der Waals surface area contributed by atoms with Crippen LogP contribution in [0.25, 0.3) is 0 Å². The predicted octanol–water partition coefficient (Wildman–Crippen LogP) is 3.21. The Hall–Kier alpha value is -1.91. The minimum absolute atomic E-state index is 0.0979. The Morgan fingerprint density at radius 3 is 2.38 bits per heavy atom. The highest BCUT2D eigenvalue weighted by atomic mass is 19.1. The second kappa shape index (κ2) is 5.84. The van der Waals surface area contributed by atoms with Crippen LogP contribution in [-0.2, 0) is 14.9 Å². The molecule has 0 aliphatic heterocycles. The number of carboxylic acids is 1. The Morgan fingerprint density at radius 1 is 1.24 bits per heavy atom. The maximum absolute atomic E-state index is 14.4. The summed E-state index contributed by atoms with van der Waals surface area (Å²) >= 11 is 0. The number of aryl methyl sites for hydroxylation is 1. The van der Waals surface area contributed by atoms with Crippen molar-refractivity contribution in [2.75, 3.05) is 7.11 Å². The van der Waals surface area contributed by atoms with Crippen LogP contribution in [0, 0.1) is 12.7 Å². The summed E-state index contributed by atoms with van der Waals surface area (Å²) in [5.41, 5.74) is -0.473. The standard InChI is InChI=1S/C16H19FO4/c1-10-8-13(17)12(9-11(10)14(18)21-2)16(15(19)20)6-4-3-5-7-16/h8-9H,3-7H2,1-2H3,(H,19,20). The summed E-state index contributed by atoms with van der Waals surface area (Å²) in [5.74, 6) is -2.17. The van der Waals surface area contributed by atoms with E-state index in [1.807, 2.05) is 0 Å². The summed E-state index contributed by atoms with van der Waals surface area (Å²) in [5, 5.41) is 9.64. The van der Waals surface area contributed by atoms with E-state index in [1.165, 1.54) is 19.2 Å². The van der Waals surface area contributed by atoms with E-state index in [1.54, 1.807) is 6.92 Å².